The van der Waals surface area contributed by atoms with Crippen LogP contribution in [0.15, 0.2) is 30.3 Å². The Bertz CT molecular complexity index is 1220. The number of Topliss-reactive ketones (excluding diaryl/α,β-unsaturated/α-hetero) is 1. The maximum absolute atomic E-state index is 13.7. The van der Waals surface area contributed by atoms with Crippen molar-refractivity contribution in [3.63, 3.8) is 0 Å². The number of anilines is 1. The van der Waals surface area contributed by atoms with E-state index in [1.807, 2.05) is 51.1 Å². The van der Waals surface area contributed by atoms with Gasteiger partial charge in [0.25, 0.3) is 0 Å². The lowest BCUT2D eigenvalue weighted by Gasteiger charge is -2.36. The molecule has 3 unspecified atom stereocenters. The lowest BCUT2D eigenvalue weighted by molar-refractivity contribution is -0.142. The number of benzene rings is 1. The number of piperazine rings is 1. The van der Waals surface area contributed by atoms with Crippen molar-refractivity contribution in [2.45, 2.75) is 98.2 Å². The highest BCUT2D eigenvalue weighted by atomic mass is 32.1. The molecule has 4 rings (SSSR count). The molecule has 282 valence electrons. The summed E-state index contributed by atoms with van der Waals surface area (Å²) >= 11 is 3.53. The van der Waals surface area contributed by atoms with Crippen LogP contribution in [0.25, 0.3) is 0 Å². The van der Waals surface area contributed by atoms with Gasteiger partial charge in [-0.15, -0.1) is 0 Å². The molecule has 13 nitrogen and oxygen atoms in total. The number of primary amides is 1. The number of carbonyl (C=O) groups excluding carboxylic acids is 6. The van der Waals surface area contributed by atoms with Crippen LogP contribution in [0.4, 0.5) is 10.5 Å². The van der Waals surface area contributed by atoms with Gasteiger partial charge in [-0.05, 0) is 55.9 Å². The standard InChI is InChI=1S/C31H46N6O5.C3H8.CH3NO.CH4S/c1-21(38)24(19-22-12-13-22)33-28(40)25-11-8-14-37(25)29(41)27(31(2,3)4)34-30(42)32-20-26(39)36-17-15-35(16-18-36)23-9-6-5-7-10-23;1-3-2;2-1-3;1-2/h5-7,9-10,22,24-25,27H,8,11-20H2,1-4H3,(H,33,40)(H2,32,34,42);3H2,1-2H3;1H,(H2,2,3);2H,1H3. The SMILES string of the molecule is CC(=O)C(CC1CC1)NC(=O)C1CCCN1C(=O)C(NC(=O)NCC(=O)N1CCN(c2ccccc2)CC1)C(C)(C)C.CCC.CS.NC=O. The van der Waals surface area contributed by atoms with Gasteiger partial charge in [0.1, 0.15) is 12.1 Å². The zero-order chi connectivity index (χ0) is 37.9. The van der Waals surface area contributed by atoms with E-state index in [-0.39, 0.29) is 36.5 Å². The fourth-order valence-electron chi connectivity index (χ4n) is 5.70. The Morgan fingerprint density at radius 1 is 0.940 bits per heavy atom. The number of thiol groups is 1. The minimum atomic E-state index is -0.912. The van der Waals surface area contributed by atoms with Gasteiger partial charge in [0.2, 0.25) is 24.1 Å². The van der Waals surface area contributed by atoms with Crippen LogP contribution in [0.1, 0.15) is 80.1 Å². The predicted molar refractivity (Wildman–Crippen MR) is 201 cm³/mol. The summed E-state index contributed by atoms with van der Waals surface area (Å²) in [5, 5.41) is 8.27. The second kappa shape index (κ2) is 22.8. The van der Waals surface area contributed by atoms with Crippen molar-refractivity contribution in [1.82, 2.24) is 25.8 Å². The number of carbonyl (C=O) groups is 6. The van der Waals surface area contributed by atoms with E-state index >= 15 is 0 Å². The molecule has 1 aromatic rings. The molecular formula is C36H61N7O6S. The summed E-state index contributed by atoms with van der Waals surface area (Å²) in [4.78, 5) is 78.9. The molecule has 3 aliphatic rings. The van der Waals surface area contributed by atoms with E-state index in [0.29, 0.717) is 57.9 Å². The molecule has 2 saturated heterocycles. The third-order valence-corrected chi connectivity index (χ3v) is 8.45. The van der Waals surface area contributed by atoms with Crippen molar-refractivity contribution in [2.24, 2.45) is 17.1 Å². The first kappa shape index (κ1) is 44.2. The third-order valence-electron chi connectivity index (χ3n) is 8.45. The summed E-state index contributed by atoms with van der Waals surface area (Å²) in [6.45, 7) is 14.0. The Morgan fingerprint density at radius 3 is 2.00 bits per heavy atom. The predicted octanol–water partition coefficient (Wildman–Crippen LogP) is 2.98. The summed E-state index contributed by atoms with van der Waals surface area (Å²) in [6, 6.07) is 7.29. The normalized spacial score (nSPS) is 17.9. The molecule has 50 heavy (non-hydrogen) atoms. The van der Waals surface area contributed by atoms with E-state index in [1.165, 1.54) is 18.2 Å². The van der Waals surface area contributed by atoms with E-state index in [0.717, 1.165) is 18.5 Å². The van der Waals surface area contributed by atoms with Crippen molar-refractivity contribution in [3.8, 4) is 0 Å². The Balaban J connectivity index is 0.00000143. The molecule has 6 amide bonds. The number of ketones is 1. The molecule has 5 N–H and O–H groups in total. The number of nitrogens with zero attached hydrogens (tertiary/aromatic N) is 3. The van der Waals surface area contributed by atoms with Gasteiger partial charge in [-0.2, -0.15) is 12.6 Å². The number of nitrogens with two attached hydrogens (primary N) is 1. The Labute approximate surface area is 304 Å². The lowest BCUT2D eigenvalue weighted by Crippen LogP contribution is -2.60. The first-order chi connectivity index (χ1) is 23.8. The number of hydrogen-bond acceptors (Lipinski definition) is 8. The van der Waals surface area contributed by atoms with Crippen LogP contribution >= 0.6 is 12.6 Å². The van der Waals surface area contributed by atoms with Crippen molar-refractivity contribution in [1.29, 1.82) is 0 Å². The van der Waals surface area contributed by atoms with E-state index < -0.39 is 29.6 Å². The average Bonchev–Trinajstić information content (AvgIpc) is 3.78. The second-order valence-corrected chi connectivity index (χ2v) is 13.7. The van der Waals surface area contributed by atoms with Gasteiger partial charge in [-0.25, -0.2) is 4.79 Å². The Hall–Kier alpha value is -3.81. The molecule has 3 fully saturated rings. The molecule has 0 spiro atoms. The van der Waals surface area contributed by atoms with E-state index in [4.69, 9.17) is 4.79 Å². The molecule has 1 aliphatic carbocycles. The van der Waals surface area contributed by atoms with Crippen LogP contribution in [0.3, 0.4) is 0 Å². The van der Waals surface area contributed by atoms with Gasteiger partial charge in [-0.3, -0.25) is 24.0 Å². The second-order valence-electron chi connectivity index (χ2n) is 13.7. The van der Waals surface area contributed by atoms with Gasteiger partial charge in [-0.1, -0.05) is 72.1 Å². The summed E-state index contributed by atoms with van der Waals surface area (Å²) in [5.74, 6) is -0.458. The number of amides is 6. The summed E-state index contributed by atoms with van der Waals surface area (Å²) in [5.41, 5.74) is 4.64. The third kappa shape index (κ3) is 15.0. The molecular weight excluding hydrogens is 659 g/mol. The molecule has 0 aromatic heterocycles. The highest BCUT2D eigenvalue weighted by Crippen LogP contribution is 2.34. The molecule has 14 heteroatoms. The fourth-order valence-corrected chi connectivity index (χ4v) is 5.70. The summed E-state index contributed by atoms with van der Waals surface area (Å²) in [6.07, 6.45) is 7.14. The van der Waals surface area contributed by atoms with E-state index in [9.17, 15) is 24.0 Å². The van der Waals surface area contributed by atoms with Crippen molar-refractivity contribution in [2.75, 3.05) is 50.4 Å². The van der Waals surface area contributed by atoms with Crippen molar-refractivity contribution < 1.29 is 28.8 Å². The maximum atomic E-state index is 13.7. The Kier molecular flexibility index (Phi) is 20.2. The van der Waals surface area contributed by atoms with Crippen LogP contribution in [0.5, 0.6) is 0 Å². The van der Waals surface area contributed by atoms with Crippen LogP contribution in [0, 0.1) is 11.3 Å². The Morgan fingerprint density at radius 2 is 1.50 bits per heavy atom. The topological polar surface area (TPSA) is 174 Å². The van der Waals surface area contributed by atoms with E-state index in [2.05, 4.69) is 53.1 Å². The number of rotatable bonds is 10. The summed E-state index contributed by atoms with van der Waals surface area (Å²) in [7, 11) is 0. The zero-order valence-corrected chi connectivity index (χ0v) is 32.0. The number of nitrogens with one attached hydrogen (secondary N) is 3. The largest absolute Gasteiger partial charge is 0.372 e. The van der Waals surface area contributed by atoms with Crippen LogP contribution in [-0.2, 0) is 24.0 Å². The van der Waals surface area contributed by atoms with Gasteiger partial charge in [0.05, 0.1) is 12.6 Å². The number of para-hydroxylation sites is 1. The molecule has 2 aliphatic heterocycles. The van der Waals surface area contributed by atoms with Gasteiger partial charge >= 0.3 is 6.03 Å². The lowest BCUT2D eigenvalue weighted by atomic mass is 9.85. The fraction of sp³-hybridized carbons (Fsp3) is 0.667. The smallest absolute Gasteiger partial charge is 0.315 e. The minimum absolute atomic E-state index is 0.0790. The van der Waals surface area contributed by atoms with Crippen LogP contribution in [0.2, 0.25) is 0 Å². The van der Waals surface area contributed by atoms with Crippen LogP contribution in [-0.4, -0.2) is 109 Å². The van der Waals surface area contributed by atoms with Gasteiger partial charge < -0.3 is 36.4 Å². The number of hydrogen-bond donors (Lipinski definition) is 5. The first-order valence-corrected chi connectivity index (χ1v) is 18.5. The quantitative estimate of drug-likeness (QED) is 0.183. The highest BCUT2D eigenvalue weighted by molar-refractivity contribution is 7.79. The molecule has 3 atom stereocenters. The van der Waals surface area contributed by atoms with Crippen LogP contribution < -0.4 is 26.6 Å². The van der Waals surface area contributed by atoms with E-state index in [1.54, 1.807) is 11.2 Å². The molecule has 1 aromatic carbocycles. The average molecular weight is 720 g/mol. The van der Waals surface area contributed by atoms with Gasteiger partial charge in [0.15, 0.2) is 5.78 Å². The zero-order valence-electron chi connectivity index (χ0n) is 31.1. The number of likely N-dealkylation sites (tertiary alicyclic amines) is 1. The van der Waals surface area contributed by atoms with Crippen molar-refractivity contribution in [3.05, 3.63) is 30.3 Å². The molecule has 2 heterocycles. The molecule has 0 bridgehead atoms. The van der Waals surface area contributed by atoms with Gasteiger partial charge in [0, 0.05) is 38.4 Å². The minimum Gasteiger partial charge on any atom is -0.372 e. The maximum Gasteiger partial charge on any atom is 0.315 e. The van der Waals surface area contributed by atoms with Crippen molar-refractivity contribution >= 4 is 54.3 Å². The molecule has 1 saturated carbocycles. The highest BCUT2D eigenvalue weighted by Gasteiger charge is 2.42. The number of urea groups is 1. The summed E-state index contributed by atoms with van der Waals surface area (Å²) < 4.78 is 0. The monoisotopic (exact) mass is 719 g/mol. The molecule has 0 radical (unpaired) electrons. The first-order valence-electron chi connectivity index (χ1n) is 17.6.